The van der Waals surface area contributed by atoms with Crippen LogP contribution in [0.15, 0.2) is 42.5 Å². The van der Waals surface area contributed by atoms with E-state index < -0.39 is 34.1 Å². The van der Waals surface area contributed by atoms with Crippen LogP contribution in [-0.2, 0) is 26.2 Å². The van der Waals surface area contributed by atoms with Crippen LogP contribution in [0.1, 0.15) is 33.3 Å². The molecular weight excluding hydrogens is 513 g/mol. The molecule has 8 nitrogen and oxygen atoms in total. The number of halogens is 2. The van der Waals surface area contributed by atoms with Gasteiger partial charge >= 0.3 is 0 Å². The molecule has 1 N–H and O–H groups in total. The molecule has 35 heavy (non-hydrogen) atoms. The first-order chi connectivity index (χ1) is 16.1. The van der Waals surface area contributed by atoms with Crippen LogP contribution in [0, 0.1) is 0 Å². The summed E-state index contributed by atoms with van der Waals surface area (Å²) in [6, 6.07) is 10.4. The number of rotatable bonds is 9. The third-order valence-electron chi connectivity index (χ3n) is 5.02. The first-order valence-electron chi connectivity index (χ1n) is 10.8. The van der Waals surface area contributed by atoms with E-state index in [0.29, 0.717) is 5.02 Å². The van der Waals surface area contributed by atoms with Crippen molar-refractivity contribution in [3.63, 3.8) is 0 Å². The third-order valence-corrected chi connectivity index (χ3v) is 6.63. The number of amides is 2. The number of nitrogens with one attached hydrogen (secondary N) is 1. The van der Waals surface area contributed by atoms with Crippen molar-refractivity contribution < 1.29 is 22.7 Å². The van der Waals surface area contributed by atoms with Gasteiger partial charge in [0.2, 0.25) is 21.8 Å². The lowest BCUT2D eigenvalue weighted by atomic mass is 10.1. The van der Waals surface area contributed by atoms with Crippen molar-refractivity contribution in [2.45, 2.75) is 45.8 Å². The molecule has 0 heterocycles. The molecule has 0 aromatic heterocycles. The number of sulfonamides is 1. The van der Waals surface area contributed by atoms with Crippen LogP contribution in [-0.4, -0.2) is 56.6 Å². The smallest absolute Gasteiger partial charge is 0.244 e. The summed E-state index contributed by atoms with van der Waals surface area (Å²) < 4.78 is 31.7. The number of hydrogen-bond donors (Lipinski definition) is 1. The minimum Gasteiger partial charge on any atom is -0.495 e. The first kappa shape index (κ1) is 28.7. The van der Waals surface area contributed by atoms with Crippen LogP contribution >= 0.6 is 23.2 Å². The zero-order valence-corrected chi connectivity index (χ0v) is 23.0. The molecule has 2 rings (SSSR count). The number of carbonyl (C=O) groups excluding carboxylic acids is 2. The van der Waals surface area contributed by atoms with Gasteiger partial charge in [-0.1, -0.05) is 35.3 Å². The summed E-state index contributed by atoms with van der Waals surface area (Å²) in [5.74, 6) is -0.717. The fraction of sp³-hybridized carbons (Fsp3) is 0.417. The average molecular weight is 545 g/mol. The van der Waals surface area contributed by atoms with Gasteiger partial charge in [0.1, 0.15) is 18.3 Å². The lowest BCUT2D eigenvalue weighted by molar-refractivity contribution is -0.140. The van der Waals surface area contributed by atoms with Gasteiger partial charge in [0.25, 0.3) is 0 Å². The average Bonchev–Trinajstić information content (AvgIpc) is 2.74. The lowest BCUT2D eigenvalue weighted by Crippen LogP contribution is -2.54. The second-order valence-corrected chi connectivity index (χ2v) is 11.9. The largest absolute Gasteiger partial charge is 0.495 e. The number of ether oxygens (including phenoxy) is 1. The minimum atomic E-state index is -3.92. The summed E-state index contributed by atoms with van der Waals surface area (Å²) in [5.41, 5.74) is 0.325. The maximum absolute atomic E-state index is 13.6. The number of nitrogens with zero attached hydrogens (tertiary/aromatic N) is 2. The van der Waals surface area contributed by atoms with E-state index in [0.717, 1.165) is 16.1 Å². The summed E-state index contributed by atoms with van der Waals surface area (Å²) in [5, 5.41) is 3.67. The number of hydrogen-bond acceptors (Lipinski definition) is 5. The topological polar surface area (TPSA) is 96.0 Å². The molecule has 0 saturated carbocycles. The summed E-state index contributed by atoms with van der Waals surface area (Å²) in [6.45, 7) is 6.61. The Morgan fingerprint density at radius 1 is 1.06 bits per heavy atom. The molecule has 11 heteroatoms. The van der Waals surface area contributed by atoms with Crippen molar-refractivity contribution in [2.75, 3.05) is 24.2 Å². The highest BCUT2D eigenvalue weighted by molar-refractivity contribution is 7.92. The van der Waals surface area contributed by atoms with Gasteiger partial charge in [-0.15, -0.1) is 0 Å². The molecule has 0 radical (unpaired) electrons. The Hall–Kier alpha value is -2.49. The van der Waals surface area contributed by atoms with Crippen LogP contribution in [0.3, 0.4) is 0 Å². The van der Waals surface area contributed by atoms with Crippen LogP contribution in [0.5, 0.6) is 5.75 Å². The molecule has 0 spiro atoms. The molecule has 0 aliphatic rings. The second-order valence-electron chi connectivity index (χ2n) is 9.15. The van der Waals surface area contributed by atoms with Crippen molar-refractivity contribution in [3.05, 3.63) is 58.1 Å². The van der Waals surface area contributed by atoms with E-state index in [9.17, 15) is 18.0 Å². The molecule has 0 bridgehead atoms. The van der Waals surface area contributed by atoms with Crippen LogP contribution in [0.2, 0.25) is 10.0 Å². The molecule has 0 saturated heterocycles. The second kappa shape index (κ2) is 11.5. The molecule has 0 unspecified atom stereocenters. The van der Waals surface area contributed by atoms with Gasteiger partial charge in [-0.2, -0.15) is 0 Å². The van der Waals surface area contributed by atoms with E-state index in [1.54, 1.807) is 37.3 Å². The standard InChI is InChI=1S/C24H31Cl2N3O5S/c1-16(23(31)27-24(2,3)4)28(14-17-7-9-18(25)10-8-17)22(30)15-29(35(6,32)33)20-13-19(26)11-12-21(20)34-5/h7-13,16H,14-15H2,1-6H3,(H,27,31)/t16-/m0/s1. The fourth-order valence-corrected chi connectivity index (χ4v) is 4.43. The van der Waals surface area contributed by atoms with Gasteiger partial charge in [-0.3, -0.25) is 13.9 Å². The van der Waals surface area contributed by atoms with Crippen molar-refractivity contribution in [1.29, 1.82) is 0 Å². The van der Waals surface area contributed by atoms with Gasteiger partial charge in [-0.25, -0.2) is 8.42 Å². The Balaban J connectivity index is 2.47. The first-order valence-corrected chi connectivity index (χ1v) is 13.4. The Bertz CT molecular complexity index is 1160. The lowest BCUT2D eigenvalue weighted by Gasteiger charge is -2.33. The van der Waals surface area contributed by atoms with Crippen LogP contribution in [0.4, 0.5) is 5.69 Å². The van der Waals surface area contributed by atoms with Crippen LogP contribution < -0.4 is 14.4 Å². The Morgan fingerprint density at radius 3 is 2.14 bits per heavy atom. The molecule has 2 amide bonds. The van der Waals surface area contributed by atoms with E-state index in [2.05, 4.69) is 5.32 Å². The maximum atomic E-state index is 13.6. The zero-order chi connectivity index (χ0) is 26.6. The highest BCUT2D eigenvalue weighted by atomic mass is 35.5. The fourth-order valence-electron chi connectivity index (χ4n) is 3.30. The summed E-state index contributed by atoms with van der Waals surface area (Å²) in [7, 11) is -2.53. The van der Waals surface area contributed by atoms with Crippen LogP contribution in [0.25, 0.3) is 0 Å². The third kappa shape index (κ3) is 8.30. The normalized spacial score (nSPS) is 12.6. The summed E-state index contributed by atoms with van der Waals surface area (Å²) >= 11 is 12.1. The number of methoxy groups -OCH3 is 1. The molecule has 192 valence electrons. The molecule has 0 aliphatic heterocycles. The molecule has 1 atom stereocenters. The Kier molecular flexibility index (Phi) is 9.44. The van der Waals surface area contributed by atoms with Gasteiger partial charge in [0.15, 0.2) is 0 Å². The van der Waals surface area contributed by atoms with Crippen molar-refractivity contribution in [1.82, 2.24) is 10.2 Å². The van der Waals surface area contributed by atoms with Gasteiger partial charge in [0.05, 0.1) is 19.1 Å². The molecule has 2 aromatic carbocycles. The predicted molar refractivity (Wildman–Crippen MR) is 140 cm³/mol. The Labute approximate surface area is 217 Å². The van der Waals surface area contributed by atoms with E-state index in [-0.39, 0.29) is 28.9 Å². The highest BCUT2D eigenvalue weighted by Gasteiger charge is 2.32. The molecule has 0 aliphatic carbocycles. The van der Waals surface area contributed by atoms with E-state index in [4.69, 9.17) is 27.9 Å². The quantitative estimate of drug-likeness (QED) is 0.513. The summed E-state index contributed by atoms with van der Waals surface area (Å²) in [6.07, 6.45) is 0.986. The summed E-state index contributed by atoms with van der Waals surface area (Å²) in [4.78, 5) is 27.9. The number of benzene rings is 2. The zero-order valence-electron chi connectivity index (χ0n) is 20.6. The maximum Gasteiger partial charge on any atom is 0.244 e. The minimum absolute atomic E-state index is 0.0685. The Morgan fingerprint density at radius 2 is 1.63 bits per heavy atom. The SMILES string of the molecule is COc1ccc(Cl)cc1N(CC(=O)N(Cc1ccc(Cl)cc1)[C@@H](C)C(=O)NC(C)(C)C)S(C)(=O)=O. The van der Waals surface area contributed by atoms with Crippen molar-refractivity contribution in [2.24, 2.45) is 0 Å². The number of anilines is 1. The van der Waals surface area contributed by atoms with Gasteiger partial charge < -0.3 is 15.0 Å². The molecular formula is C24H31Cl2N3O5S. The van der Waals surface area contributed by atoms with Crippen molar-refractivity contribution >= 4 is 50.7 Å². The highest BCUT2D eigenvalue weighted by Crippen LogP contribution is 2.33. The van der Waals surface area contributed by atoms with E-state index >= 15 is 0 Å². The van der Waals surface area contributed by atoms with Crippen molar-refractivity contribution in [3.8, 4) is 5.75 Å². The predicted octanol–water partition coefficient (Wildman–Crippen LogP) is 4.10. The van der Waals surface area contributed by atoms with E-state index in [1.807, 2.05) is 20.8 Å². The van der Waals surface area contributed by atoms with Gasteiger partial charge in [0, 0.05) is 22.1 Å². The monoisotopic (exact) mass is 543 g/mol. The van der Waals surface area contributed by atoms with E-state index in [1.165, 1.54) is 24.1 Å². The number of carbonyl (C=O) groups is 2. The van der Waals surface area contributed by atoms with Gasteiger partial charge in [-0.05, 0) is 63.6 Å². The molecule has 0 fully saturated rings. The molecule has 2 aromatic rings.